The number of aryl methyl sites for hydroxylation is 5. The Bertz CT molecular complexity index is 769. The molecule has 2 nitrogen and oxygen atoms in total. The molecule has 0 bridgehead atoms. The molecule has 0 aromatic heterocycles. The van der Waals surface area contributed by atoms with Gasteiger partial charge in [0.05, 0.1) is 0 Å². The zero-order valence-corrected chi connectivity index (χ0v) is 14.3. The van der Waals surface area contributed by atoms with Gasteiger partial charge >= 0.3 is 0 Å². The van der Waals surface area contributed by atoms with Gasteiger partial charge in [-0.2, -0.15) is 0 Å². The summed E-state index contributed by atoms with van der Waals surface area (Å²) in [4.78, 5) is 0. The van der Waals surface area contributed by atoms with E-state index in [1.807, 2.05) is 0 Å². The van der Waals surface area contributed by atoms with Crippen LogP contribution in [0.3, 0.4) is 0 Å². The molecule has 0 aliphatic carbocycles. The fourth-order valence-corrected chi connectivity index (χ4v) is 6.93. The third-order valence-electron chi connectivity index (χ3n) is 4.28. The molecule has 0 fully saturated rings. The van der Waals surface area contributed by atoms with Crippen LogP contribution in [-0.2, 0) is 11.1 Å². The zero-order valence-electron chi connectivity index (χ0n) is 13.4. The third kappa shape index (κ3) is 2.18. The van der Waals surface area contributed by atoms with Crippen LogP contribution in [0, 0.1) is 34.6 Å². The average Bonchev–Trinajstić information content (AvgIpc) is 2.65. The molecule has 2 aromatic carbocycles. The number of fused-ring (bicyclic) bond motifs is 1. The molecular weight excluding hydrogens is 277 g/mol. The Labute approximate surface area is 127 Å². The Kier molecular flexibility index (Phi) is 3.35. The van der Waals surface area contributed by atoms with Gasteiger partial charge in [-0.25, -0.2) is 0 Å². The van der Waals surface area contributed by atoms with Crippen LogP contribution in [0.4, 0.5) is 0 Å². The molecule has 110 valence electrons. The SMILES string of the molecule is Cc1cc(C)c(P2(=O)NCc3cc(C)cc(C)c32)c(C)c1. The summed E-state index contributed by atoms with van der Waals surface area (Å²) in [5.41, 5.74) is 7.03. The molecule has 3 rings (SSSR count). The van der Waals surface area contributed by atoms with Crippen molar-refractivity contribution in [1.82, 2.24) is 5.09 Å². The van der Waals surface area contributed by atoms with Crippen LogP contribution in [0.15, 0.2) is 24.3 Å². The highest BCUT2D eigenvalue weighted by Gasteiger charge is 2.38. The average molecular weight is 299 g/mol. The first-order chi connectivity index (χ1) is 9.83. The number of nitrogens with one attached hydrogen (secondary N) is 1. The minimum atomic E-state index is -2.71. The van der Waals surface area contributed by atoms with Gasteiger partial charge in [-0.15, -0.1) is 0 Å². The summed E-state index contributed by atoms with van der Waals surface area (Å²) in [6.07, 6.45) is 0. The van der Waals surface area contributed by atoms with E-state index in [1.165, 1.54) is 16.7 Å². The summed E-state index contributed by atoms with van der Waals surface area (Å²) in [6, 6.07) is 8.56. The summed E-state index contributed by atoms with van der Waals surface area (Å²) in [5.74, 6) is 0. The maximum Gasteiger partial charge on any atom is 0.206 e. The number of hydrogen-bond donors (Lipinski definition) is 1. The molecule has 0 saturated carbocycles. The van der Waals surface area contributed by atoms with Gasteiger partial charge in [0.15, 0.2) is 0 Å². The molecule has 0 radical (unpaired) electrons. The highest BCUT2D eigenvalue weighted by atomic mass is 31.2. The molecule has 0 spiro atoms. The molecule has 0 saturated heterocycles. The lowest BCUT2D eigenvalue weighted by Crippen LogP contribution is -2.26. The summed E-state index contributed by atoms with van der Waals surface area (Å²) < 4.78 is 13.8. The van der Waals surface area contributed by atoms with E-state index in [0.717, 1.165) is 27.3 Å². The topological polar surface area (TPSA) is 29.1 Å². The molecular formula is C18H22NOP. The van der Waals surface area contributed by atoms with Crippen LogP contribution in [0.5, 0.6) is 0 Å². The lowest BCUT2D eigenvalue weighted by molar-refractivity contribution is 0.580. The largest absolute Gasteiger partial charge is 0.296 e. The van der Waals surface area contributed by atoms with Crippen molar-refractivity contribution in [2.45, 2.75) is 41.2 Å². The smallest absolute Gasteiger partial charge is 0.206 e. The van der Waals surface area contributed by atoms with Crippen molar-refractivity contribution in [3.05, 3.63) is 57.6 Å². The van der Waals surface area contributed by atoms with Crippen LogP contribution < -0.4 is 15.7 Å². The van der Waals surface area contributed by atoms with Crippen molar-refractivity contribution in [2.24, 2.45) is 0 Å². The van der Waals surface area contributed by atoms with E-state index in [1.54, 1.807) is 0 Å². The Balaban J connectivity index is 2.30. The summed E-state index contributed by atoms with van der Waals surface area (Å²) in [6.45, 7) is 11.1. The van der Waals surface area contributed by atoms with Crippen LogP contribution in [-0.4, -0.2) is 0 Å². The minimum Gasteiger partial charge on any atom is -0.296 e. The second kappa shape index (κ2) is 4.83. The minimum absolute atomic E-state index is 0.696. The van der Waals surface area contributed by atoms with E-state index in [4.69, 9.17) is 0 Å². The molecule has 1 N–H and O–H groups in total. The molecule has 0 amide bonds. The highest BCUT2D eigenvalue weighted by Crippen LogP contribution is 2.47. The second-order valence-electron chi connectivity index (χ2n) is 6.28. The Hall–Kier alpha value is -1.37. The number of benzene rings is 2. The Morgan fingerprint density at radius 3 is 1.86 bits per heavy atom. The van der Waals surface area contributed by atoms with Gasteiger partial charge in [0, 0.05) is 17.2 Å². The summed E-state index contributed by atoms with van der Waals surface area (Å²) >= 11 is 0. The van der Waals surface area contributed by atoms with E-state index < -0.39 is 7.29 Å². The highest BCUT2D eigenvalue weighted by molar-refractivity contribution is 7.77. The quantitative estimate of drug-likeness (QED) is 0.816. The predicted molar refractivity (Wildman–Crippen MR) is 90.3 cm³/mol. The lowest BCUT2D eigenvalue weighted by atomic mass is 10.1. The first kappa shape index (κ1) is 14.6. The molecule has 1 heterocycles. The van der Waals surface area contributed by atoms with Crippen molar-refractivity contribution in [3.63, 3.8) is 0 Å². The van der Waals surface area contributed by atoms with E-state index in [-0.39, 0.29) is 0 Å². The van der Waals surface area contributed by atoms with Gasteiger partial charge in [0.1, 0.15) is 0 Å². The zero-order chi connectivity index (χ0) is 15.4. The van der Waals surface area contributed by atoms with Crippen LogP contribution in [0.2, 0.25) is 0 Å². The fraction of sp³-hybridized carbons (Fsp3) is 0.333. The van der Waals surface area contributed by atoms with E-state index in [9.17, 15) is 4.57 Å². The van der Waals surface area contributed by atoms with Gasteiger partial charge in [-0.3, -0.25) is 9.65 Å². The Morgan fingerprint density at radius 1 is 0.810 bits per heavy atom. The monoisotopic (exact) mass is 299 g/mol. The molecule has 1 aliphatic heterocycles. The maximum atomic E-state index is 13.8. The van der Waals surface area contributed by atoms with Crippen molar-refractivity contribution >= 4 is 17.9 Å². The summed E-state index contributed by atoms with van der Waals surface area (Å²) in [5, 5.41) is 5.37. The van der Waals surface area contributed by atoms with Crippen LogP contribution in [0.1, 0.15) is 33.4 Å². The van der Waals surface area contributed by atoms with E-state index in [2.05, 4.69) is 64.0 Å². The first-order valence-electron chi connectivity index (χ1n) is 7.37. The predicted octanol–water partition coefficient (Wildman–Crippen LogP) is 3.56. The standard InChI is InChI=1S/C18H22NOP/c1-11-6-13(3)17(14(4)7-11)21(20)18-15(5)8-12(2)9-16(18)10-19-21/h6-9H,10H2,1-5H3,(H,19,20). The van der Waals surface area contributed by atoms with Crippen molar-refractivity contribution in [3.8, 4) is 0 Å². The van der Waals surface area contributed by atoms with Crippen LogP contribution >= 0.6 is 7.29 Å². The number of rotatable bonds is 1. The molecule has 1 aliphatic rings. The number of hydrogen-bond acceptors (Lipinski definition) is 1. The van der Waals surface area contributed by atoms with Gasteiger partial charge in [0.2, 0.25) is 7.29 Å². The van der Waals surface area contributed by atoms with Gasteiger partial charge in [-0.05, 0) is 56.9 Å². The molecule has 3 heteroatoms. The van der Waals surface area contributed by atoms with E-state index >= 15 is 0 Å². The molecule has 1 atom stereocenters. The molecule has 21 heavy (non-hydrogen) atoms. The summed E-state index contributed by atoms with van der Waals surface area (Å²) in [7, 11) is -2.71. The van der Waals surface area contributed by atoms with Crippen molar-refractivity contribution in [2.75, 3.05) is 0 Å². The lowest BCUT2D eigenvalue weighted by Gasteiger charge is -2.21. The second-order valence-corrected chi connectivity index (χ2v) is 8.71. The van der Waals surface area contributed by atoms with Gasteiger partial charge in [-0.1, -0.05) is 35.4 Å². The van der Waals surface area contributed by atoms with E-state index in [0.29, 0.717) is 6.54 Å². The van der Waals surface area contributed by atoms with Crippen LogP contribution in [0.25, 0.3) is 0 Å². The fourth-order valence-electron chi connectivity index (χ4n) is 3.77. The molecule has 1 unspecified atom stereocenters. The van der Waals surface area contributed by atoms with Crippen molar-refractivity contribution < 1.29 is 4.57 Å². The first-order valence-corrected chi connectivity index (χ1v) is 9.08. The Morgan fingerprint density at radius 2 is 1.29 bits per heavy atom. The van der Waals surface area contributed by atoms with Crippen molar-refractivity contribution in [1.29, 1.82) is 0 Å². The third-order valence-corrected chi connectivity index (χ3v) is 7.49. The normalized spacial score (nSPS) is 20.6. The maximum absolute atomic E-state index is 13.8. The molecule has 2 aromatic rings. The van der Waals surface area contributed by atoms with Gasteiger partial charge < -0.3 is 0 Å². The van der Waals surface area contributed by atoms with Gasteiger partial charge in [0.25, 0.3) is 0 Å².